The van der Waals surface area contributed by atoms with Gasteiger partial charge in [0.2, 0.25) is 0 Å². The lowest BCUT2D eigenvalue weighted by atomic mass is 9.92. The van der Waals surface area contributed by atoms with E-state index >= 15 is 0 Å². The number of unbranched alkanes of at least 4 members (excludes halogenated alkanes) is 3. The predicted molar refractivity (Wildman–Crippen MR) is 110 cm³/mol. The van der Waals surface area contributed by atoms with Crippen molar-refractivity contribution < 1.29 is 37.6 Å². The summed E-state index contributed by atoms with van der Waals surface area (Å²) in [6, 6.07) is 0. The molecule has 178 valence electrons. The van der Waals surface area contributed by atoms with Gasteiger partial charge in [-0.1, -0.05) is 40.0 Å². The number of hydrogen-bond acceptors (Lipinski definition) is 5. The summed E-state index contributed by atoms with van der Waals surface area (Å²) in [6.07, 6.45) is 0.910. The Bertz CT molecular complexity index is 463. The molecular formula is C22H40F2O6. The van der Waals surface area contributed by atoms with Crippen molar-refractivity contribution in [1.29, 1.82) is 0 Å². The Morgan fingerprint density at radius 2 is 1.63 bits per heavy atom. The first-order valence-corrected chi connectivity index (χ1v) is 11.4. The molecule has 1 heterocycles. The lowest BCUT2D eigenvalue weighted by molar-refractivity contribution is -0.259. The van der Waals surface area contributed by atoms with Crippen molar-refractivity contribution in [2.24, 2.45) is 0 Å². The van der Waals surface area contributed by atoms with Crippen LogP contribution in [0.4, 0.5) is 8.78 Å². The minimum absolute atomic E-state index is 0.0292. The molecule has 1 aliphatic heterocycles. The Kier molecular flexibility index (Phi) is 13.6. The van der Waals surface area contributed by atoms with Crippen LogP contribution in [0.2, 0.25) is 0 Å². The van der Waals surface area contributed by atoms with Gasteiger partial charge in [-0.3, -0.25) is 4.79 Å². The van der Waals surface area contributed by atoms with E-state index in [0.717, 1.165) is 38.5 Å². The van der Waals surface area contributed by atoms with Gasteiger partial charge in [0.1, 0.15) is 18.3 Å². The van der Waals surface area contributed by atoms with Crippen molar-refractivity contribution in [3.8, 4) is 0 Å². The molecule has 4 atom stereocenters. The van der Waals surface area contributed by atoms with Gasteiger partial charge in [0.15, 0.2) is 0 Å². The fourth-order valence-electron chi connectivity index (χ4n) is 3.34. The largest absolute Gasteiger partial charge is 0.481 e. The number of ether oxygens (including phenoxy) is 4. The first-order valence-electron chi connectivity index (χ1n) is 11.4. The standard InChI is InChI=1S/C22H40F2O6/c1-4-7-12-27-16-18-21(29-14-9-6-3)17(28-13-8-5-2)15-19(30-18)22(23,24)11-10-20(25)26/h17-19,21H,4-16H2,1-3H3,(H,25,26)/t17-,18-,19-,21-/m1/s1. The lowest BCUT2D eigenvalue weighted by Gasteiger charge is -2.43. The van der Waals surface area contributed by atoms with Gasteiger partial charge < -0.3 is 24.1 Å². The van der Waals surface area contributed by atoms with Crippen molar-refractivity contribution in [2.45, 2.75) is 109 Å². The summed E-state index contributed by atoms with van der Waals surface area (Å²) in [7, 11) is 0. The highest BCUT2D eigenvalue weighted by atomic mass is 19.3. The Morgan fingerprint density at radius 3 is 2.23 bits per heavy atom. The van der Waals surface area contributed by atoms with Gasteiger partial charge in [-0.2, -0.15) is 0 Å². The van der Waals surface area contributed by atoms with E-state index in [0.29, 0.717) is 19.8 Å². The highest BCUT2D eigenvalue weighted by molar-refractivity contribution is 5.66. The number of aliphatic carboxylic acids is 1. The number of carboxylic acid groups (broad SMARTS) is 1. The van der Waals surface area contributed by atoms with E-state index in [1.54, 1.807) is 0 Å². The molecule has 0 aromatic heterocycles. The van der Waals surface area contributed by atoms with Crippen LogP contribution in [0, 0.1) is 0 Å². The molecule has 0 unspecified atom stereocenters. The van der Waals surface area contributed by atoms with Crippen LogP contribution in [0.1, 0.15) is 78.6 Å². The van der Waals surface area contributed by atoms with Crippen LogP contribution in [0.15, 0.2) is 0 Å². The van der Waals surface area contributed by atoms with Crippen LogP contribution in [-0.4, -0.2) is 67.8 Å². The molecule has 30 heavy (non-hydrogen) atoms. The molecule has 0 aromatic carbocycles. The van der Waals surface area contributed by atoms with E-state index < -0.39 is 49.1 Å². The van der Waals surface area contributed by atoms with Crippen molar-refractivity contribution in [3.63, 3.8) is 0 Å². The SMILES string of the molecule is CCCCOC[C@H]1O[C@@H](C(F)(F)CCC(=O)O)C[C@@H](OCCCC)[C@H]1OCCCC. The van der Waals surface area contributed by atoms with Gasteiger partial charge in [0, 0.05) is 32.7 Å². The summed E-state index contributed by atoms with van der Waals surface area (Å²) in [5, 5.41) is 8.81. The van der Waals surface area contributed by atoms with E-state index in [9.17, 15) is 13.6 Å². The summed E-state index contributed by atoms with van der Waals surface area (Å²) >= 11 is 0. The highest BCUT2D eigenvalue weighted by Gasteiger charge is 2.50. The van der Waals surface area contributed by atoms with Gasteiger partial charge in [0.05, 0.1) is 19.1 Å². The van der Waals surface area contributed by atoms with E-state index in [1.807, 2.05) is 13.8 Å². The van der Waals surface area contributed by atoms with Crippen molar-refractivity contribution >= 4 is 5.97 Å². The zero-order valence-electron chi connectivity index (χ0n) is 18.7. The van der Waals surface area contributed by atoms with Gasteiger partial charge in [-0.25, -0.2) is 8.78 Å². The van der Waals surface area contributed by atoms with E-state index in [1.165, 1.54) is 0 Å². The summed E-state index contributed by atoms with van der Waals surface area (Å²) in [5.41, 5.74) is 0. The molecule has 1 fully saturated rings. The molecule has 0 amide bonds. The molecule has 6 nitrogen and oxygen atoms in total. The Balaban J connectivity index is 2.93. The smallest absolute Gasteiger partial charge is 0.303 e. The van der Waals surface area contributed by atoms with Crippen molar-refractivity contribution in [1.82, 2.24) is 0 Å². The van der Waals surface area contributed by atoms with Gasteiger partial charge in [0.25, 0.3) is 5.92 Å². The Labute approximate surface area is 179 Å². The van der Waals surface area contributed by atoms with Gasteiger partial charge in [-0.15, -0.1) is 0 Å². The van der Waals surface area contributed by atoms with Crippen LogP contribution < -0.4 is 0 Å². The number of halogens is 2. The number of hydrogen-bond donors (Lipinski definition) is 1. The van der Waals surface area contributed by atoms with Crippen molar-refractivity contribution in [2.75, 3.05) is 26.4 Å². The molecule has 0 aromatic rings. The average Bonchev–Trinajstić information content (AvgIpc) is 2.71. The second-order valence-corrected chi connectivity index (χ2v) is 7.93. The number of alkyl halides is 2. The third-order valence-electron chi connectivity index (χ3n) is 5.22. The van der Waals surface area contributed by atoms with E-state index in [-0.39, 0.29) is 13.0 Å². The van der Waals surface area contributed by atoms with Crippen LogP contribution >= 0.6 is 0 Å². The minimum atomic E-state index is -3.26. The molecule has 0 spiro atoms. The molecule has 1 rings (SSSR count). The molecule has 1 N–H and O–H groups in total. The fourth-order valence-corrected chi connectivity index (χ4v) is 3.34. The molecule has 0 saturated carbocycles. The number of carbonyl (C=O) groups is 1. The molecule has 0 aliphatic carbocycles. The maximum absolute atomic E-state index is 14.8. The molecule has 0 radical (unpaired) electrons. The topological polar surface area (TPSA) is 74.2 Å². The van der Waals surface area contributed by atoms with Gasteiger partial charge in [-0.05, 0) is 19.3 Å². The van der Waals surface area contributed by atoms with Crippen molar-refractivity contribution in [3.05, 3.63) is 0 Å². The first kappa shape index (κ1) is 27.2. The zero-order valence-corrected chi connectivity index (χ0v) is 18.7. The third kappa shape index (κ3) is 9.98. The Hall–Kier alpha value is -0.830. The molecule has 1 saturated heterocycles. The molecule has 1 aliphatic rings. The minimum Gasteiger partial charge on any atom is -0.481 e. The summed E-state index contributed by atoms with van der Waals surface area (Å²) < 4.78 is 53.0. The maximum atomic E-state index is 14.8. The molecule has 0 bridgehead atoms. The first-order chi connectivity index (χ1) is 14.4. The molecule has 8 heteroatoms. The second kappa shape index (κ2) is 15.1. The highest BCUT2D eigenvalue weighted by Crippen LogP contribution is 2.37. The number of carboxylic acids is 1. The molecular weight excluding hydrogens is 398 g/mol. The quantitative estimate of drug-likeness (QED) is 0.328. The zero-order chi connectivity index (χ0) is 22.4. The average molecular weight is 439 g/mol. The fraction of sp³-hybridized carbons (Fsp3) is 0.955. The normalized spacial score (nSPS) is 24.8. The number of rotatable bonds is 17. The van der Waals surface area contributed by atoms with E-state index in [4.69, 9.17) is 24.1 Å². The predicted octanol–water partition coefficient (Wildman–Crippen LogP) is 4.83. The van der Waals surface area contributed by atoms with Crippen LogP contribution in [0.3, 0.4) is 0 Å². The van der Waals surface area contributed by atoms with E-state index in [2.05, 4.69) is 6.92 Å². The van der Waals surface area contributed by atoms with Gasteiger partial charge >= 0.3 is 5.97 Å². The van der Waals surface area contributed by atoms with Crippen LogP contribution in [0.5, 0.6) is 0 Å². The summed E-state index contributed by atoms with van der Waals surface area (Å²) in [4.78, 5) is 10.8. The van der Waals surface area contributed by atoms with Crippen LogP contribution in [-0.2, 0) is 23.7 Å². The maximum Gasteiger partial charge on any atom is 0.303 e. The summed E-state index contributed by atoms with van der Waals surface area (Å²) in [6.45, 7) is 7.79. The summed E-state index contributed by atoms with van der Waals surface area (Å²) in [5.74, 6) is -4.51. The third-order valence-corrected chi connectivity index (χ3v) is 5.22. The lowest BCUT2D eigenvalue weighted by Crippen LogP contribution is -2.56. The second-order valence-electron chi connectivity index (χ2n) is 7.93. The monoisotopic (exact) mass is 438 g/mol. The van der Waals surface area contributed by atoms with Crippen LogP contribution in [0.25, 0.3) is 0 Å². The Morgan fingerprint density at radius 1 is 1.03 bits per heavy atom.